The third-order valence-corrected chi connectivity index (χ3v) is 11.6. The zero-order valence-electron chi connectivity index (χ0n) is 32.2. The third-order valence-electron chi connectivity index (χ3n) is 11.6. The van der Waals surface area contributed by atoms with Crippen molar-refractivity contribution in [3.63, 3.8) is 0 Å². The molecule has 12 heteroatoms. The molecule has 4 aromatic rings. The first-order valence-electron chi connectivity index (χ1n) is 19.2. The van der Waals surface area contributed by atoms with E-state index in [0.717, 1.165) is 6.07 Å². The summed E-state index contributed by atoms with van der Waals surface area (Å²) in [5.74, 6) is -5.20. The molecule has 3 N–H and O–H groups in total. The van der Waals surface area contributed by atoms with Gasteiger partial charge >= 0.3 is 6.18 Å². The fourth-order valence-electron chi connectivity index (χ4n) is 7.72. The van der Waals surface area contributed by atoms with Gasteiger partial charge < -0.3 is 15.6 Å². The van der Waals surface area contributed by atoms with Crippen LogP contribution in [0.3, 0.4) is 0 Å². The summed E-state index contributed by atoms with van der Waals surface area (Å²) in [5, 5.41) is 5.97. The lowest BCUT2D eigenvalue weighted by Crippen LogP contribution is -2.60. The van der Waals surface area contributed by atoms with Crippen molar-refractivity contribution in [1.29, 1.82) is 0 Å². The maximum absolute atomic E-state index is 14.8. The highest BCUT2D eigenvalue weighted by Crippen LogP contribution is 2.41. The van der Waals surface area contributed by atoms with Gasteiger partial charge in [0.15, 0.2) is 11.6 Å². The molecule has 1 aliphatic carbocycles. The molecule has 3 aromatic carbocycles. The molecule has 2 unspecified atom stereocenters. The number of carbonyl (C=O) groups excluding carboxylic acids is 5. The number of alkyl halides is 3. The zero-order chi connectivity index (χ0) is 40.8. The van der Waals surface area contributed by atoms with E-state index in [1.54, 1.807) is 42.5 Å². The number of aromatic amines is 1. The highest BCUT2D eigenvalue weighted by molar-refractivity contribution is 6.01. The molecule has 1 aliphatic rings. The van der Waals surface area contributed by atoms with E-state index < -0.39 is 52.5 Å². The Kier molecular flexibility index (Phi) is 13.3. The van der Waals surface area contributed by atoms with Gasteiger partial charge in [0.1, 0.15) is 17.1 Å². The number of nitrogens with one attached hydrogen (secondary N) is 3. The smallest absolute Gasteiger partial charge is 0.358 e. The Labute approximate surface area is 324 Å². The van der Waals surface area contributed by atoms with Gasteiger partial charge in [0.25, 0.3) is 0 Å². The van der Waals surface area contributed by atoms with Crippen molar-refractivity contribution in [3.8, 4) is 0 Å². The SMILES string of the molecule is CCC(C)[C@H](CC(=O)[C@@]1(NC(=O)[C@@H](CC(=O)Cc2ccccc2F)C(C)CC)CCc2[nH]c3c(C(F)(F)F)cccc3c2C1)C(=O)NCC(=O)c1ccccc1. The van der Waals surface area contributed by atoms with Gasteiger partial charge in [-0.05, 0) is 47.9 Å². The van der Waals surface area contributed by atoms with Crippen LogP contribution in [0, 0.1) is 29.5 Å². The first kappa shape index (κ1) is 42.0. The van der Waals surface area contributed by atoms with E-state index in [9.17, 15) is 41.5 Å². The molecule has 5 atom stereocenters. The molecular formula is C44H49F4N3O5. The molecule has 56 heavy (non-hydrogen) atoms. The maximum atomic E-state index is 14.8. The van der Waals surface area contributed by atoms with Gasteiger partial charge in [0, 0.05) is 54.2 Å². The number of fused-ring (bicyclic) bond motifs is 3. The van der Waals surface area contributed by atoms with Crippen molar-refractivity contribution in [2.75, 3.05) is 6.54 Å². The minimum atomic E-state index is -4.65. The Morgan fingerprint density at radius 3 is 2.11 bits per heavy atom. The maximum Gasteiger partial charge on any atom is 0.418 e. The van der Waals surface area contributed by atoms with Crippen LogP contribution in [0.25, 0.3) is 10.9 Å². The fourth-order valence-corrected chi connectivity index (χ4v) is 7.72. The van der Waals surface area contributed by atoms with Crippen LogP contribution in [-0.4, -0.2) is 46.2 Å². The van der Waals surface area contributed by atoms with E-state index in [-0.39, 0.29) is 84.9 Å². The highest BCUT2D eigenvalue weighted by atomic mass is 19.4. The fraction of sp³-hybridized carbons (Fsp3) is 0.432. The first-order chi connectivity index (χ1) is 26.6. The Bertz CT molecular complexity index is 2080. The van der Waals surface area contributed by atoms with E-state index >= 15 is 0 Å². The quantitative estimate of drug-likeness (QED) is 0.0738. The molecule has 0 fully saturated rings. The van der Waals surface area contributed by atoms with E-state index in [1.165, 1.54) is 24.3 Å². The Morgan fingerprint density at radius 2 is 1.46 bits per heavy atom. The molecule has 0 spiro atoms. The van der Waals surface area contributed by atoms with Crippen LogP contribution in [0.4, 0.5) is 17.6 Å². The number of Topliss-reactive ketones (excluding diaryl/α,β-unsaturated/α-hetero) is 3. The monoisotopic (exact) mass is 775 g/mol. The topological polar surface area (TPSA) is 125 Å². The Morgan fingerprint density at radius 1 is 0.821 bits per heavy atom. The number of rotatable bonds is 17. The number of carbonyl (C=O) groups is 5. The van der Waals surface area contributed by atoms with Crippen molar-refractivity contribution in [1.82, 2.24) is 15.6 Å². The predicted octanol–water partition coefficient (Wildman–Crippen LogP) is 8.15. The van der Waals surface area contributed by atoms with Gasteiger partial charge in [-0.2, -0.15) is 13.2 Å². The summed E-state index contributed by atoms with van der Waals surface area (Å²) in [5.41, 5.74) is -1.02. The number of hydrogen-bond acceptors (Lipinski definition) is 5. The molecule has 1 heterocycles. The van der Waals surface area contributed by atoms with Gasteiger partial charge in [-0.3, -0.25) is 24.0 Å². The number of amides is 2. The Hall–Kier alpha value is -5.13. The largest absolute Gasteiger partial charge is 0.418 e. The van der Waals surface area contributed by atoms with Crippen LogP contribution in [0.2, 0.25) is 0 Å². The molecule has 0 aliphatic heterocycles. The van der Waals surface area contributed by atoms with Crippen LogP contribution in [0.5, 0.6) is 0 Å². The van der Waals surface area contributed by atoms with Crippen molar-refractivity contribution in [3.05, 3.63) is 107 Å². The number of ketones is 3. The number of H-pyrrole nitrogens is 1. The van der Waals surface area contributed by atoms with Gasteiger partial charge in [0.05, 0.1) is 17.6 Å². The van der Waals surface area contributed by atoms with Crippen molar-refractivity contribution in [2.45, 2.75) is 90.8 Å². The lowest BCUT2D eigenvalue weighted by atomic mass is 9.72. The predicted molar refractivity (Wildman–Crippen MR) is 205 cm³/mol. The molecule has 2 amide bonds. The summed E-state index contributed by atoms with van der Waals surface area (Å²) in [6.45, 7) is 7.08. The minimum Gasteiger partial charge on any atom is -0.358 e. The van der Waals surface area contributed by atoms with Gasteiger partial charge in [-0.25, -0.2) is 4.39 Å². The molecule has 1 aromatic heterocycles. The number of para-hydroxylation sites is 1. The molecule has 0 saturated carbocycles. The molecule has 0 radical (unpaired) electrons. The van der Waals surface area contributed by atoms with Crippen molar-refractivity contribution in [2.24, 2.45) is 23.7 Å². The van der Waals surface area contributed by atoms with Crippen molar-refractivity contribution >= 4 is 40.1 Å². The van der Waals surface area contributed by atoms with E-state index in [1.807, 2.05) is 27.7 Å². The summed E-state index contributed by atoms with van der Waals surface area (Å²) >= 11 is 0. The number of aromatic nitrogens is 1. The van der Waals surface area contributed by atoms with Gasteiger partial charge in [0.2, 0.25) is 11.8 Å². The van der Waals surface area contributed by atoms with Crippen LogP contribution in [0.15, 0.2) is 72.8 Å². The van der Waals surface area contributed by atoms with Crippen LogP contribution in [-0.2, 0) is 44.6 Å². The summed E-state index contributed by atoms with van der Waals surface area (Å²) < 4.78 is 56.7. The highest BCUT2D eigenvalue weighted by Gasteiger charge is 2.47. The van der Waals surface area contributed by atoms with E-state index in [0.29, 0.717) is 29.7 Å². The normalized spacial score (nSPS) is 17.6. The van der Waals surface area contributed by atoms with Crippen molar-refractivity contribution < 1.29 is 41.5 Å². The van der Waals surface area contributed by atoms with Gasteiger partial charge in [-0.1, -0.05) is 101 Å². The first-order valence-corrected chi connectivity index (χ1v) is 19.2. The minimum absolute atomic E-state index is 0.0243. The lowest BCUT2D eigenvalue weighted by Gasteiger charge is -2.39. The molecule has 0 saturated heterocycles. The standard InChI is InChI=1S/C44H49F4N3O5/c1-5-26(3)32(22-30(52)21-29-15-10-11-18-36(29)45)42(56)51-43(20-19-37-34(24-43)31-16-12-17-35(40(31)50-37)44(46,47)48)39(54)23-33(27(4)6-2)41(55)49-25-38(53)28-13-8-7-9-14-28/h7-18,26-27,32-33,50H,5-6,19-25H2,1-4H3,(H,49,55)(H,51,56)/t26?,27?,32-,33-,43+/m0/s1. The summed E-state index contributed by atoms with van der Waals surface area (Å²) in [6, 6.07) is 18.2. The van der Waals surface area contributed by atoms with Crippen LogP contribution in [0.1, 0.15) is 92.5 Å². The summed E-state index contributed by atoms with van der Waals surface area (Å²) in [4.78, 5) is 72.1. The molecule has 5 rings (SSSR count). The number of hydrogen-bond donors (Lipinski definition) is 3. The summed E-state index contributed by atoms with van der Waals surface area (Å²) in [6.07, 6.45) is -4.38. The average molecular weight is 776 g/mol. The second-order valence-corrected chi connectivity index (χ2v) is 15.2. The van der Waals surface area contributed by atoms with Gasteiger partial charge in [-0.15, -0.1) is 0 Å². The lowest BCUT2D eigenvalue weighted by molar-refractivity contribution is -0.139. The second-order valence-electron chi connectivity index (χ2n) is 15.2. The van der Waals surface area contributed by atoms with Crippen LogP contribution >= 0.6 is 0 Å². The second kappa shape index (κ2) is 17.8. The number of aryl methyl sites for hydroxylation is 1. The molecular weight excluding hydrogens is 726 g/mol. The zero-order valence-corrected chi connectivity index (χ0v) is 32.2. The number of halogens is 4. The van der Waals surface area contributed by atoms with E-state index in [2.05, 4.69) is 15.6 Å². The molecule has 8 nitrogen and oxygen atoms in total. The van der Waals surface area contributed by atoms with Crippen LogP contribution < -0.4 is 10.6 Å². The third kappa shape index (κ3) is 9.45. The Balaban J connectivity index is 1.48. The summed E-state index contributed by atoms with van der Waals surface area (Å²) in [7, 11) is 0. The molecule has 0 bridgehead atoms. The van der Waals surface area contributed by atoms with E-state index in [4.69, 9.17) is 0 Å². The molecule has 298 valence electrons. The number of benzene rings is 3. The average Bonchev–Trinajstić information content (AvgIpc) is 3.55.